The first-order valence-electron chi connectivity index (χ1n) is 5.67. The minimum Gasteiger partial charge on any atom is -0.508 e. The summed E-state index contributed by atoms with van der Waals surface area (Å²) in [6.07, 6.45) is 0. The summed E-state index contributed by atoms with van der Waals surface area (Å²) in [5, 5.41) is 25.7. The molecule has 0 aromatic heterocycles. The highest BCUT2D eigenvalue weighted by atomic mass is 32.2. The third-order valence-corrected chi connectivity index (χ3v) is 3.74. The van der Waals surface area contributed by atoms with Gasteiger partial charge in [-0.1, -0.05) is 0 Å². The molecule has 1 aromatic rings. The summed E-state index contributed by atoms with van der Waals surface area (Å²) in [4.78, 5) is 22.2. The summed E-state index contributed by atoms with van der Waals surface area (Å²) in [7, 11) is 0. The predicted molar refractivity (Wildman–Crippen MR) is 72.5 cm³/mol. The van der Waals surface area contributed by atoms with E-state index in [2.05, 4.69) is 10.6 Å². The smallest absolute Gasteiger partial charge is 0.296 e. The molecule has 1 aliphatic heterocycles. The first-order chi connectivity index (χ1) is 9.08. The van der Waals surface area contributed by atoms with E-state index in [4.69, 9.17) is 0 Å². The molecule has 1 aromatic carbocycles. The molecular weight excluding hydrogens is 270 g/mol. The number of hydrogen-bond acceptors (Lipinski definition) is 6. The second-order valence-corrected chi connectivity index (χ2v) is 5.18. The van der Waals surface area contributed by atoms with Crippen molar-refractivity contribution >= 4 is 29.0 Å². The average Bonchev–Trinajstić information content (AvgIpc) is 2.41. The fourth-order valence-corrected chi connectivity index (χ4v) is 2.66. The number of benzene rings is 1. The lowest BCUT2D eigenvalue weighted by Gasteiger charge is -2.22. The van der Waals surface area contributed by atoms with E-state index >= 15 is 0 Å². The highest BCUT2D eigenvalue weighted by Crippen LogP contribution is 2.28. The van der Waals surface area contributed by atoms with Crippen molar-refractivity contribution in [1.29, 1.82) is 0 Å². The molecular formula is C11H13N3O4S. The molecule has 1 unspecified atom stereocenters. The van der Waals surface area contributed by atoms with Gasteiger partial charge in [-0.05, 0) is 12.1 Å². The van der Waals surface area contributed by atoms with Gasteiger partial charge < -0.3 is 15.7 Å². The van der Waals surface area contributed by atoms with E-state index in [1.165, 1.54) is 12.1 Å². The van der Waals surface area contributed by atoms with E-state index in [0.29, 0.717) is 5.75 Å². The number of nitro groups is 1. The third kappa shape index (κ3) is 3.36. The van der Waals surface area contributed by atoms with Crippen molar-refractivity contribution in [3.8, 4) is 5.75 Å². The number of nitrogens with zero attached hydrogens (tertiary/aromatic N) is 1. The Balaban J connectivity index is 2.13. The molecule has 1 atom stereocenters. The lowest BCUT2D eigenvalue weighted by molar-refractivity contribution is -0.384. The highest BCUT2D eigenvalue weighted by Gasteiger charge is 2.23. The summed E-state index contributed by atoms with van der Waals surface area (Å²) >= 11 is 1.66. The zero-order valence-electron chi connectivity index (χ0n) is 9.96. The quantitative estimate of drug-likeness (QED) is 0.433. The van der Waals surface area contributed by atoms with Crippen LogP contribution in [0.3, 0.4) is 0 Å². The number of rotatable bonds is 3. The van der Waals surface area contributed by atoms with Gasteiger partial charge in [0.1, 0.15) is 11.4 Å². The number of nitrogens with one attached hydrogen (secondary N) is 2. The molecule has 0 saturated carbocycles. The number of phenols is 1. The number of phenolic OH excluding ortho intramolecular Hbond substituents is 1. The van der Waals surface area contributed by atoms with E-state index in [1.807, 2.05) is 0 Å². The summed E-state index contributed by atoms with van der Waals surface area (Å²) < 4.78 is 0. The van der Waals surface area contributed by atoms with Gasteiger partial charge in [0.25, 0.3) is 5.69 Å². The average molecular weight is 283 g/mol. The van der Waals surface area contributed by atoms with Crippen molar-refractivity contribution in [2.45, 2.75) is 6.04 Å². The monoisotopic (exact) mass is 283 g/mol. The summed E-state index contributed by atoms with van der Waals surface area (Å²) in [6.45, 7) is 0.737. The minimum absolute atomic E-state index is 0.0881. The Labute approximate surface area is 113 Å². The van der Waals surface area contributed by atoms with Crippen LogP contribution in [-0.2, 0) is 4.79 Å². The minimum atomic E-state index is -0.640. The number of nitro benzene ring substituents is 1. The van der Waals surface area contributed by atoms with E-state index in [9.17, 15) is 20.0 Å². The number of thioether (sulfide) groups is 1. The molecule has 0 aliphatic carbocycles. The fourth-order valence-electron chi connectivity index (χ4n) is 1.73. The van der Waals surface area contributed by atoms with Gasteiger partial charge in [-0.2, -0.15) is 11.8 Å². The van der Waals surface area contributed by atoms with Crippen LogP contribution in [0, 0.1) is 10.1 Å². The van der Waals surface area contributed by atoms with Crippen LogP contribution in [0.5, 0.6) is 5.75 Å². The van der Waals surface area contributed by atoms with Crippen molar-refractivity contribution < 1.29 is 14.8 Å². The SMILES string of the molecule is O=C(Nc1ccc(O)cc1[N+](=O)[O-])C1CSCCN1. The van der Waals surface area contributed by atoms with E-state index in [1.54, 1.807) is 11.8 Å². The maximum absolute atomic E-state index is 12.0. The van der Waals surface area contributed by atoms with Gasteiger partial charge >= 0.3 is 0 Å². The molecule has 7 nitrogen and oxygen atoms in total. The molecule has 19 heavy (non-hydrogen) atoms. The van der Waals surface area contributed by atoms with Crippen LogP contribution in [0.15, 0.2) is 18.2 Å². The Hall–Kier alpha value is -1.80. The molecule has 0 spiro atoms. The Bertz CT molecular complexity index is 503. The Morgan fingerprint density at radius 2 is 2.37 bits per heavy atom. The summed E-state index contributed by atoms with van der Waals surface area (Å²) in [5.74, 6) is 1.07. The van der Waals surface area contributed by atoms with Crippen LogP contribution >= 0.6 is 11.8 Å². The van der Waals surface area contributed by atoms with E-state index < -0.39 is 4.92 Å². The summed E-state index contributed by atoms with van der Waals surface area (Å²) in [5.41, 5.74) is -0.234. The molecule has 1 heterocycles. The van der Waals surface area contributed by atoms with Crippen LogP contribution in [0.2, 0.25) is 0 Å². The topological polar surface area (TPSA) is 104 Å². The molecule has 8 heteroatoms. The number of carbonyl (C=O) groups is 1. The van der Waals surface area contributed by atoms with Crippen LogP contribution in [0.25, 0.3) is 0 Å². The number of amides is 1. The maximum Gasteiger partial charge on any atom is 0.296 e. The van der Waals surface area contributed by atoms with Gasteiger partial charge in [0.2, 0.25) is 5.91 Å². The fraction of sp³-hybridized carbons (Fsp3) is 0.364. The van der Waals surface area contributed by atoms with Crippen LogP contribution in [-0.4, -0.2) is 40.0 Å². The first kappa shape index (κ1) is 13.6. The van der Waals surface area contributed by atoms with Crippen LogP contribution < -0.4 is 10.6 Å². The lowest BCUT2D eigenvalue weighted by atomic mass is 10.2. The molecule has 0 radical (unpaired) electrons. The maximum atomic E-state index is 12.0. The predicted octanol–water partition coefficient (Wildman–Crippen LogP) is 0.944. The Kier molecular flexibility index (Phi) is 4.23. The van der Waals surface area contributed by atoms with Crippen molar-refractivity contribution in [3.05, 3.63) is 28.3 Å². The normalized spacial score (nSPS) is 18.8. The van der Waals surface area contributed by atoms with Crippen molar-refractivity contribution in [2.75, 3.05) is 23.4 Å². The van der Waals surface area contributed by atoms with E-state index in [-0.39, 0.29) is 29.1 Å². The Morgan fingerprint density at radius 1 is 1.58 bits per heavy atom. The van der Waals surface area contributed by atoms with Crippen molar-refractivity contribution in [2.24, 2.45) is 0 Å². The first-order valence-corrected chi connectivity index (χ1v) is 6.83. The largest absolute Gasteiger partial charge is 0.508 e. The van der Waals surface area contributed by atoms with Gasteiger partial charge in [0.05, 0.1) is 17.0 Å². The van der Waals surface area contributed by atoms with E-state index in [0.717, 1.165) is 18.4 Å². The second-order valence-electron chi connectivity index (χ2n) is 4.03. The van der Waals surface area contributed by atoms with Crippen LogP contribution in [0.1, 0.15) is 0 Å². The molecule has 1 saturated heterocycles. The standard InChI is InChI=1S/C11H13N3O4S/c15-7-1-2-8(10(5-7)14(17)18)13-11(16)9-6-19-4-3-12-9/h1-2,5,9,12,15H,3-4,6H2,(H,13,16). The van der Waals surface area contributed by atoms with Crippen molar-refractivity contribution in [1.82, 2.24) is 5.32 Å². The van der Waals surface area contributed by atoms with Crippen LogP contribution in [0.4, 0.5) is 11.4 Å². The van der Waals surface area contributed by atoms with Gasteiger partial charge in [0, 0.05) is 18.1 Å². The molecule has 102 valence electrons. The number of anilines is 1. The van der Waals surface area contributed by atoms with Gasteiger partial charge in [-0.25, -0.2) is 0 Å². The third-order valence-electron chi connectivity index (χ3n) is 2.67. The zero-order chi connectivity index (χ0) is 13.8. The van der Waals surface area contributed by atoms with Crippen molar-refractivity contribution in [3.63, 3.8) is 0 Å². The molecule has 0 bridgehead atoms. The second kappa shape index (κ2) is 5.89. The molecule has 1 amide bonds. The Morgan fingerprint density at radius 3 is 3.00 bits per heavy atom. The number of carbonyl (C=O) groups excluding carboxylic acids is 1. The number of hydrogen-bond donors (Lipinski definition) is 3. The van der Waals surface area contributed by atoms with Gasteiger partial charge in [-0.3, -0.25) is 14.9 Å². The lowest BCUT2D eigenvalue weighted by Crippen LogP contribution is -2.46. The summed E-state index contributed by atoms with van der Waals surface area (Å²) in [6, 6.07) is 3.28. The molecule has 3 N–H and O–H groups in total. The highest BCUT2D eigenvalue weighted by molar-refractivity contribution is 7.99. The number of aromatic hydroxyl groups is 1. The zero-order valence-corrected chi connectivity index (χ0v) is 10.8. The molecule has 1 fully saturated rings. The van der Waals surface area contributed by atoms with Gasteiger partial charge in [-0.15, -0.1) is 0 Å². The molecule has 1 aliphatic rings. The van der Waals surface area contributed by atoms with Gasteiger partial charge in [0.15, 0.2) is 0 Å². The molecule has 2 rings (SSSR count).